The summed E-state index contributed by atoms with van der Waals surface area (Å²) in [5.74, 6) is -0.624. The van der Waals surface area contributed by atoms with Gasteiger partial charge in [0.25, 0.3) is 10.1 Å². The summed E-state index contributed by atoms with van der Waals surface area (Å²) in [7, 11) is -4.58. The number of benzene rings is 2. The second-order valence-corrected chi connectivity index (χ2v) is 5.50. The van der Waals surface area contributed by atoms with Crippen molar-refractivity contribution < 1.29 is 44.0 Å². The molecule has 0 unspecified atom stereocenters. The highest BCUT2D eigenvalue weighted by Gasteiger charge is 2.20. The molecule has 134 valence electrons. The summed E-state index contributed by atoms with van der Waals surface area (Å²) in [6.07, 6.45) is 0. The summed E-state index contributed by atoms with van der Waals surface area (Å²) in [5.41, 5.74) is 0.466. The average Bonchev–Trinajstić information content (AvgIpc) is 2.47. The van der Waals surface area contributed by atoms with E-state index in [1.54, 1.807) is 30.3 Å². The molecule has 0 atom stereocenters. The van der Waals surface area contributed by atoms with E-state index in [0.29, 0.717) is 5.56 Å². The van der Waals surface area contributed by atoms with Crippen LogP contribution in [0.4, 0.5) is 0 Å². The number of ether oxygens (including phenoxy) is 1. The first kappa shape index (κ1) is 23.9. The van der Waals surface area contributed by atoms with Crippen LogP contribution in [0.3, 0.4) is 0 Å². The first-order valence-electron chi connectivity index (χ1n) is 5.88. The van der Waals surface area contributed by atoms with E-state index in [1.165, 1.54) is 12.1 Å². The number of carbonyl (C=O) groups excluding carboxylic acids is 1. The Kier molecular flexibility index (Phi) is 9.69. The van der Waals surface area contributed by atoms with Crippen molar-refractivity contribution in [1.29, 1.82) is 0 Å². The quantitative estimate of drug-likeness (QED) is 0.389. The van der Waals surface area contributed by atoms with Crippen LogP contribution in [0, 0.1) is 0 Å². The molecule has 0 amide bonds. The van der Waals surface area contributed by atoms with E-state index in [0.717, 1.165) is 6.07 Å². The van der Waals surface area contributed by atoms with Gasteiger partial charge in [-0.1, -0.05) is 30.3 Å². The molecule has 0 aromatic heterocycles. The van der Waals surface area contributed by atoms with Gasteiger partial charge in [0.2, 0.25) is 0 Å². The smallest absolute Gasteiger partial charge is 0.298 e. The van der Waals surface area contributed by atoms with Crippen molar-refractivity contribution in [3.8, 4) is 5.75 Å². The minimum Gasteiger partial charge on any atom is -0.466 e. The molecule has 0 heterocycles. The van der Waals surface area contributed by atoms with Crippen LogP contribution in [0.1, 0.15) is 15.9 Å². The molecule has 0 saturated heterocycles. The van der Waals surface area contributed by atoms with Crippen molar-refractivity contribution in [2.45, 2.75) is 4.90 Å². The van der Waals surface area contributed by atoms with Crippen LogP contribution in [0.2, 0.25) is 0 Å². The third-order valence-electron chi connectivity index (χ3n) is 2.74. The van der Waals surface area contributed by atoms with E-state index in [2.05, 4.69) is 0 Å². The minimum atomic E-state index is -4.58. The topological polar surface area (TPSA) is 195 Å². The lowest BCUT2D eigenvalue weighted by Crippen LogP contribution is -2.08. The maximum absolute atomic E-state index is 12.2. The van der Waals surface area contributed by atoms with E-state index in [-0.39, 0.29) is 27.7 Å². The van der Waals surface area contributed by atoms with Gasteiger partial charge >= 0.3 is 0 Å². The van der Waals surface area contributed by atoms with Crippen LogP contribution in [0.5, 0.6) is 5.75 Å². The molecule has 0 bridgehead atoms. The second kappa shape index (κ2) is 9.72. The Morgan fingerprint density at radius 1 is 0.958 bits per heavy atom. The first-order valence-corrected chi connectivity index (χ1v) is 7.32. The summed E-state index contributed by atoms with van der Waals surface area (Å²) >= 11 is 0. The molecule has 0 aliphatic rings. The number of ketones is 1. The maximum Gasteiger partial charge on any atom is 0.298 e. The largest absolute Gasteiger partial charge is 0.466 e. The van der Waals surface area contributed by atoms with Crippen molar-refractivity contribution in [2.24, 2.45) is 0 Å². The SMILES string of the molecule is O.O.O.O=C(c1ccccc1)c1ccc(OCO)c(S(=O)(=O)O)c1. The van der Waals surface area contributed by atoms with Crippen LogP contribution < -0.4 is 4.74 Å². The zero-order valence-electron chi connectivity index (χ0n) is 12.3. The molecular weight excluding hydrogens is 344 g/mol. The lowest BCUT2D eigenvalue weighted by Gasteiger charge is -2.09. The van der Waals surface area contributed by atoms with Crippen molar-refractivity contribution in [1.82, 2.24) is 0 Å². The molecule has 0 fully saturated rings. The van der Waals surface area contributed by atoms with E-state index >= 15 is 0 Å². The van der Waals surface area contributed by atoms with Gasteiger partial charge in [-0.3, -0.25) is 9.35 Å². The molecular formula is C14H18O9S. The zero-order valence-corrected chi connectivity index (χ0v) is 13.1. The number of rotatable bonds is 5. The summed E-state index contributed by atoms with van der Waals surface area (Å²) in [6, 6.07) is 11.9. The Bertz CT molecular complexity index is 757. The number of carbonyl (C=O) groups is 1. The highest BCUT2D eigenvalue weighted by molar-refractivity contribution is 7.86. The van der Waals surface area contributed by atoms with Gasteiger partial charge in [0.1, 0.15) is 10.6 Å². The molecule has 0 spiro atoms. The predicted molar refractivity (Wildman–Crippen MR) is 84.7 cm³/mol. The zero-order chi connectivity index (χ0) is 15.5. The fourth-order valence-corrected chi connectivity index (χ4v) is 2.45. The van der Waals surface area contributed by atoms with Gasteiger partial charge in [0.15, 0.2) is 12.6 Å². The Labute approximate surface area is 137 Å². The number of aliphatic hydroxyl groups excluding tert-OH is 1. The number of hydrogen-bond donors (Lipinski definition) is 2. The van der Waals surface area contributed by atoms with Gasteiger partial charge in [-0.05, 0) is 18.2 Å². The van der Waals surface area contributed by atoms with Gasteiger partial charge in [-0.2, -0.15) is 8.42 Å². The Balaban J connectivity index is 0. The maximum atomic E-state index is 12.2. The highest BCUT2D eigenvalue weighted by atomic mass is 32.2. The van der Waals surface area contributed by atoms with Crippen molar-refractivity contribution in [2.75, 3.05) is 6.79 Å². The summed E-state index contributed by atoms with van der Waals surface area (Å²) in [6.45, 7) is -0.755. The molecule has 10 heteroatoms. The second-order valence-electron chi connectivity index (χ2n) is 4.11. The third-order valence-corrected chi connectivity index (χ3v) is 3.61. The van der Waals surface area contributed by atoms with Gasteiger partial charge < -0.3 is 26.3 Å². The van der Waals surface area contributed by atoms with Crippen molar-refractivity contribution in [3.63, 3.8) is 0 Å². The molecule has 0 radical (unpaired) electrons. The molecule has 9 nitrogen and oxygen atoms in total. The number of hydrogen-bond acceptors (Lipinski definition) is 5. The number of aliphatic hydroxyl groups is 1. The molecule has 2 aromatic rings. The Morgan fingerprint density at radius 3 is 2.04 bits per heavy atom. The van der Waals surface area contributed by atoms with Crippen LogP contribution in [0.15, 0.2) is 53.4 Å². The summed E-state index contributed by atoms with van der Waals surface area (Å²) < 4.78 is 36.5. The fraction of sp³-hybridized carbons (Fsp3) is 0.0714. The van der Waals surface area contributed by atoms with Crippen LogP contribution in [0.25, 0.3) is 0 Å². The standard InChI is InChI=1S/C14H12O6S.3H2O/c15-9-20-12-7-6-11(8-13(12)21(17,18)19)14(16)10-4-2-1-3-5-10;;;/h1-8,15H,9H2,(H,17,18,19);3*1H2. The molecule has 0 aliphatic heterocycles. The van der Waals surface area contributed by atoms with Crippen LogP contribution in [-0.2, 0) is 10.1 Å². The van der Waals surface area contributed by atoms with Gasteiger partial charge in [0.05, 0.1) is 0 Å². The first-order chi connectivity index (χ1) is 9.93. The molecule has 8 N–H and O–H groups in total. The molecule has 2 rings (SSSR count). The lowest BCUT2D eigenvalue weighted by molar-refractivity contribution is 0.0955. The minimum absolute atomic E-state index is 0. The molecule has 0 saturated carbocycles. The molecule has 0 aliphatic carbocycles. The van der Waals surface area contributed by atoms with Gasteiger partial charge in [-0.25, -0.2) is 0 Å². The third kappa shape index (κ3) is 5.38. The van der Waals surface area contributed by atoms with E-state index in [4.69, 9.17) is 9.84 Å². The van der Waals surface area contributed by atoms with E-state index in [9.17, 15) is 17.8 Å². The summed E-state index contributed by atoms with van der Waals surface area (Å²) in [4.78, 5) is 11.7. The van der Waals surface area contributed by atoms with Crippen LogP contribution >= 0.6 is 0 Å². The van der Waals surface area contributed by atoms with Gasteiger partial charge in [-0.15, -0.1) is 0 Å². The monoisotopic (exact) mass is 362 g/mol. The van der Waals surface area contributed by atoms with Crippen molar-refractivity contribution >= 4 is 15.9 Å². The van der Waals surface area contributed by atoms with Crippen LogP contribution in [-0.4, -0.2) is 47.1 Å². The van der Waals surface area contributed by atoms with Gasteiger partial charge in [0, 0.05) is 11.1 Å². The summed E-state index contributed by atoms with van der Waals surface area (Å²) in [5, 5.41) is 8.70. The van der Waals surface area contributed by atoms with E-state index in [1.807, 2.05) is 0 Å². The fourth-order valence-electron chi connectivity index (χ4n) is 1.80. The Morgan fingerprint density at radius 2 is 1.54 bits per heavy atom. The highest BCUT2D eigenvalue weighted by Crippen LogP contribution is 2.26. The van der Waals surface area contributed by atoms with E-state index < -0.39 is 27.6 Å². The Hall–Kier alpha value is -2.34. The van der Waals surface area contributed by atoms with Crippen molar-refractivity contribution in [3.05, 3.63) is 59.7 Å². The normalized spacial score (nSPS) is 9.75. The molecule has 24 heavy (non-hydrogen) atoms. The lowest BCUT2D eigenvalue weighted by atomic mass is 10.0. The average molecular weight is 362 g/mol. The molecule has 2 aromatic carbocycles. The predicted octanol–water partition coefficient (Wildman–Crippen LogP) is -0.981.